The molecule has 23 heavy (non-hydrogen) atoms. The Morgan fingerprint density at radius 2 is 2.00 bits per heavy atom. The average Bonchev–Trinajstić information content (AvgIpc) is 3.04. The first-order chi connectivity index (χ1) is 11.0. The summed E-state index contributed by atoms with van der Waals surface area (Å²) in [6, 6.07) is 11.2. The van der Waals surface area contributed by atoms with Crippen LogP contribution in [0.5, 0.6) is 5.75 Å². The molecular formula is C14H11BrN4O3S. The molecule has 0 radical (unpaired) electrons. The minimum atomic E-state index is -3.92. The van der Waals surface area contributed by atoms with E-state index in [0.717, 1.165) is 10.0 Å². The van der Waals surface area contributed by atoms with Crippen molar-refractivity contribution >= 4 is 26.0 Å². The first kappa shape index (κ1) is 15.6. The van der Waals surface area contributed by atoms with Gasteiger partial charge in [-0.05, 0) is 53.2 Å². The maximum Gasteiger partial charge on any atom is 0.339 e. The summed E-state index contributed by atoms with van der Waals surface area (Å²) in [6.45, 7) is 1.81. The van der Waals surface area contributed by atoms with Gasteiger partial charge in [0.1, 0.15) is 17.0 Å². The van der Waals surface area contributed by atoms with Crippen molar-refractivity contribution in [3.05, 3.63) is 58.8 Å². The van der Waals surface area contributed by atoms with Gasteiger partial charge in [0.15, 0.2) is 0 Å². The molecule has 0 amide bonds. The van der Waals surface area contributed by atoms with E-state index in [1.807, 2.05) is 0 Å². The molecular weight excluding hydrogens is 384 g/mol. The third-order valence-corrected chi connectivity index (χ3v) is 5.19. The van der Waals surface area contributed by atoms with Gasteiger partial charge in [-0.1, -0.05) is 22.0 Å². The largest absolute Gasteiger partial charge is 0.379 e. The molecule has 0 bridgehead atoms. The minimum absolute atomic E-state index is 0.0889. The molecule has 7 nitrogen and oxygen atoms in total. The average molecular weight is 395 g/mol. The highest BCUT2D eigenvalue weighted by atomic mass is 79.9. The Hall–Kier alpha value is -2.26. The fourth-order valence-corrected chi connectivity index (χ4v) is 3.16. The third-order valence-electron chi connectivity index (χ3n) is 3.06. The zero-order valence-corrected chi connectivity index (χ0v) is 14.3. The first-order valence-electron chi connectivity index (χ1n) is 6.50. The van der Waals surface area contributed by atoms with Gasteiger partial charge in [0.2, 0.25) is 0 Å². The Bertz CT molecular complexity index is 942. The van der Waals surface area contributed by atoms with Crippen molar-refractivity contribution < 1.29 is 12.6 Å². The summed E-state index contributed by atoms with van der Waals surface area (Å²) >= 11 is 3.34. The molecule has 0 saturated carbocycles. The maximum absolute atomic E-state index is 12.4. The lowest BCUT2D eigenvalue weighted by atomic mass is 10.2. The van der Waals surface area contributed by atoms with Crippen molar-refractivity contribution in [3.63, 3.8) is 0 Å². The molecule has 2 aromatic carbocycles. The van der Waals surface area contributed by atoms with Crippen molar-refractivity contribution in [3.8, 4) is 11.4 Å². The van der Waals surface area contributed by atoms with Crippen LogP contribution in [0.1, 0.15) is 5.56 Å². The highest BCUT2D eigenvalue weighted by molar-refractivity contribution is 9.10. The Balaban J connectivity index is 1.91. The highest BCUT2D eigenvalue weighted by Crippen LogP contribution is 2.24. The number of rotatable bonds is 4. The summed E-state index contributed by atoms with van der Waals surface area (Å²) in [5.41, 5.74) is 1.40. The highest BCUT2D eigenvalue weighted by Gasteiger charge is 2.18. The van der Waals surface area contributed by atoms with Gasteiger partial charge in [-0.25, -0.2) is 4.68 Å². The second-order valence-corrected chi connectivity index (χ2v) is 7.10. The van der Waals surface area contributed by atoms with Crippen LogP contribution in [0.25, 0.3) is 5.69 Å². The molecule has 0 N–H and O–H groups in total. The predicted molar refractivity (Wildman–Crippen MR) is 85.8 cm³/mol. The van der Waals surface area contributed by atoms with Gasteiger partial charge in [0.25, 0.3) is 0 Å². The number of hydrogen-bond donors (Lipinski definition) is 0. The van der Waals surface area contributed by atoms with E-state index in [2.05, 4.69) is 31.5 Å². The van der Waals surface area contributed by atoms with Gasteiger partial charge in [-0.15, -0.1) is 5.10 Å². The molecule has 0 aliphatic heterocycles. The Labute approximate surface area is 141 Å². The summed E-state index contributed by atoms with van der Waals surface area (Å²) in [5, 5.41) is 10.8. The fourth-order valence-electron chi connectivity index (χ4n) is 1.90. The molecule has 3 aromatic rings. The van der Waals surface area contributed by atoms with E-state index in [1.54, 1.807) is 43.3 Å². The number of halogens is 1. The van der Waals surface area contributed by atoms with Gasteiger partial charge in [-0.3, -0.25) is 0 Å². The lowest BCUT2D eigenvalue weighted by Crippen LogP contribution is -2.10. The number of benzene rings is 2. The molecule has 118 valence electrons. The zero-order valence-electron chi connectivity index (χ0n) is 11.9. The summed E-state index contributed by atoms with van der Waals surface area (Å²) < 4.78 is 32.2. The van der Waals surface area contributed by atoms with Crippen LogP contribution >= 0.6 is 15.9 Å². The smallest absolute Gasteiger partial charge is 0.339 e. The predicted octanol–water partition coefficient (Wildman–Crippen LogP) is 2.50. The number of nitrogens with zero attached hydrogens (tertiary/aromatic N) is 4. The van der Waals surface area contributed by atoms with Gasteiger partial charge in [0, 0.05) is 10.5 Å². The quantitative estimate of drug-likeness (QED) is 0.631. The monoisotopic (exact) mass is 394 g/mol. The number of aromatic nitrogens is 4. The maximum atomic E-state index is 12.4. The van der Waals surface area contributed by atoms with Crippen molar-refractivity contribution in [1.82, 2.24) is 20.2 Å². The number of tetrazole rings is 1. The molecule has 0 fully saturated rings. The van der Waals surface area contributed by atoms with Gasteiger partial charge >= 0.3 is 10.1 Å². The van der Waals surface area contributed by atoms with Crippen LogP contribution in [-0.4, -0.2) is 28.6 Å². The van der Waals surface area contributed by atoms with Crippen LogP contribution in [0, 0.1) is 6.92 Å². The van der Waals surface area contributed by atoms with E-state index in [9.17, 15) is 8.42 Å². The molecule has 3 rings (SSSR count). The van der Waals surface area contributed by atoms with Crippen LogP contribution in [-0.2, 0) is 10.1 Å². The van der Waals surface area contributed by atoms with Crippen LogP contribution in [0.2, 0.25) is 0 Å². The van der Waals surface area contributed by atoms with Crippen molar-refractivity contribution in [1.29, 1.82) is 0 Å². The van der Waals surface area contributed by atoms with E-state index in [4.69, 9.17) is 4.18 Å². The normalized spacial score (nSPS) is 11.4. The Kier molecular flexibility index (Phi) is 4.14. The van der Waals surface area contributed by atoms with Crippen molar-refractivity contribution in [2.24, 2.45) is 0 Å². The minimum Gasteiger partial charge on any atom is -0.379 e. The lowest BCUT2D eigenvalue weighted by Gasteiger charge is -2.09. The van der Waals surface area contributed by atoms with Crippen LogP contribution in [0.4, 0.5) is 0 Å². The third kappa shape index (κ3) is 3.40. The second-order valence-electron chi connectivity index (χ2n) is 4.70. The summed E-state index contributed by atoms with van der Waals surface area (Å²) in [5.74, 6) is 0.179. The van der Waals surface area contributed by atoms with Gasteiger partial charge < -0.3 is 4.18 Å². The van der Waals surface area contributed by atoms with Gasteiger partial charge in [0.05, 0.1) is 5.69 Å². The molecule has 1 heterocycles. The van der Waals surface area contributed by atoms with Crippen LogP contribution in [0.3, 0.4) is 0 Å². The summed E-state index contributed by atoms with van der Waals surface area (Å²) in [6.07, 6.45) is 1.41. The van der Waals surface area contributed by atoms with Crippen LogP contribution in [0.15, 0.2) is 58.2 Å². The molecule has 0 atom stereocenters. The zero-order chi connectivity index (χ0) is 16.4. The molecule has 0 spiro atoms. The van der Waals surface area contributed by atoms with E-state index < -0.39 is 10.1 Å². The van der Waals surface area contributed by atoms with E-state index in [-0.39, 0.29) is 10.6 Å². The molecule has 0 unspecified atom stereocenters. The van der Waals surface area contributed by atoms with E-state index >= 15 is 0 Å². The van der Waals surface area contributed by atoms with Crippen molar-refractivity contribution in [2.75, 3.05) is 0 Å². The summed E-state index contributed by atoms with van der Waals surface area (Å²) in [4.78, 5) is 0.0889. The Morgan fingerprint density at radius 3 is 2.70 bits per heavy atom. The number of aryl methyl sites for hydroxylation is 1. The SMILES string of the molecule is Cc1cc(S(=O)(=O)Oc2cccc(-n3cnnn3)c2)ccc1Br. The first-order valence-corrected chi connectivity index (χ1v) is 8.70. The second kappa shape index (κ2) is 6.09. The van der Waals surface area contributed by atoms with E-state index in [1.165, 1.54) is 17.1 Å². The molecule has 0 aliphatic rings. The fraction of sp³-hybridized carbons (Fsp3) is 0.0714. The number of hydrogen-bond acceptors (Lipinski definition) is 6. The molecule has 0 aliphatic carbocycles. The lowest BCUT2D eigenvalue weighted by molar-refractivity contribution is 0.485. The van der Waals surface area contributed by atoms with E-state index in [0.29, 0.717) is 5.69 Å². The molecule has 9 heteroatoms. The summed E-state index contributed by atoms with van der Waals surface area (Å²) in [7, 11) is -3.92. The molecule has 0 saturated heterocycles. The van der Waals surface area contributed by atoms with Crippen LogP contribution < -0.4 is 4.18 Å². The topological polar surface area (TPSA) is 87.0 Å². The van der Waals surface area contributed by atoms with Crippen molar-refractivity contribution in [2.45, 2.75) is 11.8 Å². The molecule has 1 aromatic heterocycles. The standard InChI is InChI=1S/C14H11BrN4O3S/c1-10-7-13(5-6-14(10)15)23(20,21)22-12-4-2-3-11(8-12)19-9-16-17-18-19/h2-9H,1H3. The Morgan fingerprint density at radius 1 is 1.17 bits per heavy atom. The van der Waals surface area contributed by atoms with Gasteiger partial charge in [-0.2, -0.15) is 8.42 Å².